The predicted molar refractivity (Wildman–Crippen MR) is 77.8 cm³/mol. The molecule has 20 heavy (non-hydrogen) atoms. The van der Waals surface area contributed by atoms with Gasteiger partial charge in [0.15, 0.2) is 0 Å². The zero-order chi connectivity index (χ0) is 14.5. The molecule has 5 nitrogen and oxygen atoms in total. The van der Waals surface area contributed by atoms with Crippen LogP contribution >= 0.6 is 0 Å². The zero-order valence-corrected chi connectivity index (χ0v) is 11.6. The molecule has 1 N–H and O–H groups in total. The first-order valence-electron chi connectivity index (χ1n) is 6.44. The minimum absolute atomic E-state index is 0.0288. The fourth-order valence-corrected chi connectivity index (χ4v) is 2.01. The second kappa shape index (κ2) is 6.14. The van der Waals surface area contributed by atoms with Crippen LogP contribution in [0.1, 0.15) is 17.7 Å². The Balaban J connectivity index is 2.04. The van der Waals surface area contributed by atoms with Crippen molar-refractivity contribution in [1.82, 2.24) is 9.97 Å². The number of para-hydroxylation sites is 1. The SMILES string of the molecule is Cc1nc[nH]c(=O)c1CCC(=O)N(C)c1ccccc1. The summed E-state index contributed by atoms with van der Waals surface area (Å²) in [5.74, 6) is -0.0288. The molecule has 0 aliphatic carbocycles. The molecule has 0 unspecified atom stereocenters. The van der Waals surface area contributed by atoms with E-state index in [-0.39, 0.29) is 17.9 Å². The Labute approximate surface area is 117 Å². The number of carbonyl (C=O) groups is 1. The Morgan fingerprint density at radius 2 is 2.00 bits per heavy atom. The van der Waals surface area contributed by atoms with Crippen LogP contribution in [0, 0.1) is 6.92 Å². The van der Waals surface area contributed by atoms with Gasteiger partial charge in [-0.2, -0.15) is 0 Å². The van der Waals surface area contributed by atoms with E-state index >= 15 is 0 Å². The number of nitrogens with one attached hydrogen (secondary N) is 1. The maximum Gasteiger partial charge on any atom is 0.254 e. The predicted octanol–water partition coefficient (Wildman–Crippen LogP) is 1.67. The third-order valence-electron chi connectivity index (χ3n) is 3.27. The van der Waals surface area contributed by atoms with Crippen molar-refractivity contribution in [2.24, 2.45) is 0 Å². The highest BCUT2D eigenvalue weighted by Crippen LogP contribution is 2.13. The highest BCUT2D eigenvalue weighted by molar-refractivity contribution is 5.92. The number of hydrogen-bond acceptors (Lipinski definition) is 3. The first-order chi connectivity index (χ1) is 9.59. The van der Waals surface area contributed by atoms with Crippen LogP contribution in [-0.2, 0) is 11.2 Å². The summed E-state index contributed by atoms with van der Waals surface area (Å²) < 4.78 is 0. The van der Waals surface area contributed by atoms with Crippen LogP contribution in [-0.4, -0.2) is 22.9 Å². The minimum atomic E-state index is -0.173. The van der Waals surface area contributed by atoms with Crippen LogP contribution in [0.25, 0.3) is 0 Å². The molecule has 0 atom stereocenters. The second-order valence-corrected chi connectivity index (χ2v) is 4.58. The summed E-state index contributed by atoms with van der Waals surface area (Å²) >= 11 is 0. The lowest BCUT2D eigenvalue weighted by Gasteiger charge is -2.17. The molecule has 0 fully saturated rings. The van der Waals surface area contributed by atoms with E-state index in [9.17, 15) is 9.59 Å². The molecule has 0 radical (unpaired) electrons. The van der Waals surface area contributed by atoms with Gasteiger partial charge in [0.05, 0.1) is 6.33 Å². The molecule has 5 heteroatoms. The lowest BCUT2D eigenvalue weighted by molar-refractivity contribution is -0.118. The van der Waals surface area contributed by atoms with Crippen molar-refractivity contribution in [3.63, 3.8) is 0 Å². The van der Waals surface area contributed by atoms with Crippen molar-refractivity contribution in [2.75, 3.05) is 11.9 Å². The molecule has 1 heterocycles. The molecule has 0 aliphatic rings. The molecular weight excluding hydrogens is 254 g/mol. The van der Waals surface area contributed by atoms with Crippen molar-refractivity contribution in [3.8, 4) is 0 Å². The van der Waals surface area contributed by atoms with Crippen molar-refractivity contribution in [1.29, 1.82) is 0 Å². The molecule has 0 saturated heterocycles. The molecule has 0 spiro atoms. The lowest BCUT2D eigenvalue weighted by atomic mass is 10.1. The Morgan fingerprint density at radius 1 is 1.30 bits per heavy atom. The standard InChI is InChI=1S/C15H17N3O2/c1-11-13(15(20)17-10-16-11)8-9-14(19)18(2)12-6-4-3-5-7-12/h3-7,10H,8-9H2,1-2H3,(H,16,17,20). The fourth-order valence-electron chi connectivity index (χ4n) is 2.01. The quantitative estimate of drug-likeness (QED) is 0.920. The van der Waals surface area contributed by atoms with Gasteiger partial charge in [-0.15, -0.1) is 0 Å². The summed E-state index contributed by atoms with van der Waals surface area (Å²) in [6.45, 7) is 1.77. The van der Waals surface area contributed by atoms with E-state index in [0.29, 0.717) is 17.7 Å². The number of aromatic nitrogens is 2. The van der Waals surface area contributed by atoms with Gasteiger partial charge in [-0.3, -0.25) is 9.59 Å². The van der Waals surface area contributed by atoms with Gasteiger partial charge in [0.1, 0.15) is 0 Å². The van der Waals surface area contributed by atoms with Gasteiger partial charge in [-0.05, 0) is 25.5 Å². The third-order valence-corrected chi connectivity index (χ3v) is 3.27. The average Bonchev–Trinajstić information content (AvgIpc) is 2.46. The second-order valence-electron chi connectivity index (χ2n) is 4.58. The molecular formula is C15H17N3O2. The van der Waals surface area contributed by atoms with Crippen molar-refractivity contribution >= 4 is 11.6 Å². The van der Waals surface area contributed by atoms with Gasteiger partial charge < -0.3 is 9.88 Å². The number of benzene rings is 1. The molecule has 0 aliphatic heterocycles. The van der Waals surface area contributed by atoms with Crippen molar-refractivity contribution < 1.29 is 4.79 Å². The number of carbonyl (C=O) groups excluding carboxylic acids is 1. The summed E-state index contributed by atoms with van der Waals surface area (Å²) in [7, 11) is 1.73. The molecule has 2 aromatic rings. The molecule has 1 aromatic carbocycles. The van der Waals surface area contributed by atoms with E-state index in [0.717, 1.165) is 5.69 Å². The zero-order valence-electron chi connectivity index (χ0n) is 11.6. The van der Waals surface area contributed by atoms with E-state index in [1.165, 1.54) is 6.33 Å². The molecule has 1 aromatic heterocycles. The third kappa shape index (κ3) is 3.12. The lowest BCUT2D eigenvalue weighted by Crippen LogP contribution is -2.27. The first-order valence-corrected chi connectivity index (χ1v) is 6.44. The number of hydrogen-bond donors (Lipinski definition) is 1. The van der Waals surface area contributed by atoms with Gasteiger partial charge in [0.2, 0.25) is 5.91 Å². The maximum absolute atomic E-state index is 12.1. The normalized spacial score (nSPS) is 10.3. The highest BCUT2D eigenvalue weighted by atomic mass is 16.2. The molecule has 104 valence electrons. The number of H-pyrrole nitrogens is 1. The van der Waals surface area contributed by atoms with Crippen LogP contribution in [0.15, 0.2) is 41.5 Å². The van der Waals surface area contributed by atoms with Gasteiger partial charge in [-0.1, -0.05) is 18.2 Å². The van der Waals surface area contributed by atoms with Crippen LogP contribution in [0.4, 0.5) is 5.69 Å². The highest BCUT2D eigenvalue weighted by Gasteiger charge is 2.13. The van der Waals surface area contributed by atoms with E-state index in [1.807, 2.05) is 30.3 Å². The van der Waals surface area contributed by atoms with E-state index in [2.05, 4.69) is 9.97 Å². The molecule has 0 saturated carbocycles. The van der Waals surface area contributed by atoms with Crippen LogP contribution in [0.2, 0.25) is 0 Å². The Bertz CT molecular complexity index is 650. The number of aromatic amines is 1. The van der Waals surface area contributed by atoms with E-state index in [1.54, 1.807) is 18.9 Å². The Kier molecular flexibility index (Phi) is 4.30. The Morgan fingerprint density at radius 3 is 2.65 bits per heavy atom. The number of rotatable bonds is 4. The van der Waals surface area contributed by atoms with E-state index in [4.69, 9.17) is 0 Å². The van der Waals surface area contributed by atoms with Gasteiger partial charge in [-0.25, -0.2) is 4.98 Å². The van der Waals surface area contributed by atoms with Crippen LogP contribution < -0.4 is 10.5 Å². The van der Waals surface area contributed by atoms with Crippen molar-refractivity contribution in [2.45, 2.75) is 19.8 Å². The molecule has 2 rings (SSSR count). The monoisotopic (exact) mass is 271 g/mol. The number of anilines is 1. The summed E-state index contributed by atoms with van der Waals surface area (Å²) in [5, 5.41) is 0. The summed E-state index contributed by atoms with van der Waals surface area (Å²) in [6, 6.07) is 9.42. The van der Waals surface area contributed by atoms with Crippen LogP contribution in [0.5, 0.6) is 0 Å². The summed E-state index contributed by atoms with van der Waals surface area (Å²) in [6.07, 6.45) is 2.05. The molecule has 1 amide bonds. The number of amides is 1. The minimum Gasteiger partial charge on any atom is -0.315 e. The molecule has 0 bridgehead atoms. The summed E-state index contributed by atoms with van der Waals surface area (Å²) in [4.78, 5) is 32.0. The van der Waals surface area contributed by atoms with Crippen LogP contribution in [0.3, 0.4) is 0 Å². The first kappa shape index (κ1) is 14.0. The fraction of sp³-hybridized carbons (Fsp3) is 0.267. The average molecular weight is 271 g/mol. The van der Waals surface area contributed by atoms with Crippen molar-refractivity contribution in [3.05, 3.63) is 58.3 Å². The maximum atomic E-state index is 12.1. The summed E-state index contributed by atoms with van der Waals surface area (Å²) in [5.41, 5.74) is 1.91. The van der Waals surface area contributed by atoms with Gasteiger partial charge in [0.25, 0.3) is 5.56 Å². The smallest absolute Gasteiger partial charge is 0.254 e. The van der Waals surface area contributed by atoms with E-state index < -0.39 is 0 Å². The van der Waals surface area contributed by atoms with Gasteiger partial charge in [0, 0.05) is 30.4 Å². The Hall–Kier alpha value is -2.43. The number of nitrogens with zero attached hydrogens (tertiary/aromatic N) is 2. The number of aryl methyl sites for hydroxylation is 1. The largest absolute Gasteiger partial charge is 0.315 e. The topological polar surface area (TPSA) is 66.1 Å². The van der Waals surface area contributed by atoms with Gasteiger partial charge >= 0.3 is 0 Å².